The molecule has 0 aromatic carbocycles. The molecule has 19 heavy (non-hydrogen) atoms. The van der Waals surface area contributed by atoms with Crippen LogP contribution in [0.1, 0.15) is 13.3 Å². The average Bonchev–Trinajstić information content (AvgIpc) is 2.97. The highest BCUT2D eigenvalue weighted by Gasteiger charge is 2.27. The molecule has 1 fully saturated rings. The van der Waals surface area contributed by atoms with Crippen molar-refractivity contribution in [3.05, 3.63) is 31.1 Å². The van der Waals surface area contributed by atoms with E-state index >= 15 is 0 Å². The molecular weight excluding hydrogens is 240 g/mol. The van der Waals surface area contributed by atoms with Gasteiger partial charge in [-0.3, -0.25) is 14.4 Å². The van der Waals surface area contributed by atoms with Crippen LogP contribution in [0.25, 0.3) is 0 Å². The van der Waals surface area contributed by atoms with Gasteiger partial charge in [0.2, 0.25) is 5.91 Å². The largest absolute Gasteiger partial charge is 0.334 e. The van der Waals surface area contributed by atoms with E-state index in [1.807, 2.05) is 21.8 Å². The molecule has 1 aliphatic rings. The maximum Gasteiger partial charge on any atom is 0.246 e. The van der Waals surface area contributed by atoms with Gasteiger partial charge in [-0.05, 0) is 18.6 Å². The number of hydrogen-bond donors (Lipinski definition) is 0. The van der Waals surface area contributed by atoms with E-state index in [0.717, 1.165) is 39.1 Å². The molecule has 5 heteroatoms. The maximum atomic E-state index is 11.8. The zero-order chi connectivity index (χ0) is 13.7. The van der Waals surface area contributed by atoms with Crippen molar-refractivity contribution < 1.29 is 4.79 Å². The molecule has 1 atom stereocenters. The second-order valence-corrected chi connectivity index (χ2v) is 4.87. The summed E-state index contributed by atoms with van der Waals surface area (Å²) in [6.45, 7) is 10.3. The average molecular weight is 262 g/mol. The summed E-state index contributed by atoms with van der Waals surface area (Å²) in [7, 11) is 0. The Bertz CT molecular complexity index is 415. The first-order chi connectivity index (χ1) is 9.24. The fourth-order valence-electron chi connectivity index (χ4n) is 2.56. The van der Waals surface area contributed by atoms with Gasteiger partial charge in [0.25, 0.3) is 0 Å². The Hall–Kier alpha value is -1.62. The maximum absolute atomic E-state index is 11.8. The van der Waals surface area contributed by atoms with Gasteiger partial charge >= 0.3 is 0 Å². The number of carbonyl (C=O) groups excluding carboxylic acids is 1. The van der Waals surface area contributed by atoms with Gasteiger partial charge in [0.15, 0.2) is 0 Å². The molecule has 0 bridgehead atoms. The van der Waals surface area contributed by atoms with Gasteiger partial charge in [-0.1, -0.05) is 13.5 Å². The number of hydrogen-bond acceptors (Lipinski definition) is 3. The van der Waals surface area contributed by atoms with Crippen molar-refractivity contribution in [3.8, 4) is 0 Å². The lowest BCUT2D eigenvalue weighted by Gasteiger charge is -2.40. The third-order valence-corrected chi connectivity index (χ3v) is 3.70. The monoisotopic (exact) mass is 262 g/mol. The van der Waals surface area contributed by atoms with E-state index in [1.165, 1.54) is 6.08 Å². The first kappa shape index (κ1) is 13.8. The lowest BCUT2D eigenvalue weighted by atomic mass is 10.1. The Morgan fingerprint density at radius 3 is 2.95 bits per heavy atom. The molecule has 0 aliphatic carbocycles. The molecule has 2 heterocycles. The van der Waals surface area contributed by atoms with E-state index in [9.17, 15) is 4.79 Å². The van der Waals surface area contributed by atoms with Gasteiger partial charge in [-0.2, -0.15) is 5.10 Å². The highest BCUT2D eigenvalue weighted by atomic mass is 16.2. The number of carbonyl (C=O) groups is 1. The lowest BCUT2D eigenvalue weighted by Crippen LogP contribution is -2.55. The molecule has 1 saturated heterocycles. The van der Waals surface area contributed by atoms with Gasteiger partial charge < -0.3 is 4.90 Å². The topological polar surface area (TPSA) is 41.4 Å². The Balaban J connectivity index is 1.86. The van der Waals surface area contributed by atoms with Crippen molar-refractivity contribution in [2.75, 3.05) is 26.2 Å². The van der Waals surface area contributed by atoms with Crippen LogP contribution in [0.3, 0.4) is 0 Å². The molecule has 2 rings (SSSR count). The van der Waals surface area contributed by atoms with Crippen LogP contribution in [-0.2, 0) is 11.3 Å². The minimum Gasteiger partial charge on any atom is -0.334 e. The predicted molar refractivity (Wildman–Crippen MR) is 74.7 cm³/mol. The fraction of sp³-hybridized carbons (Fsp3) is 0.571. The molecule has 1 aromatic heterocycles. The predicted octanol–water partition coefficient (Wildman–Crippen LogP) is 0.992. The molecule has 1 aliphatic heterocycles. The Labute approximate surface area is 114 Å². The summed E-state index contributed by atoms with van der Waals surface area (Å²) in [5.41, 5.74) is 0. The van der Waals surface area contributed by atoms with Crippen LogP contribution in [0.15, 0.2) is 31.1 Å². The summed E-state index contributed by atoms with van der Waals surface area (Å²) in [5, 5.41) is 4.21. The van der Waals surface area contributed by atoms with Crippen LogP contribution in [0.2, 0.25) is 0 Å². The molecule has 0 radical (unpaired) electrons. The van der Waals surface area contributed by atoms with Crippen molar-refractivity contribution in [1.29, 1.82) is 0 Å². The van der Waals surface area contributed by atoms with Crippen molar-refractivity contribution >= 4 is 5.91 Å². The standard InChI is InChI=1S/C14H22N4O/c1-3-13-12-16(8-10-17-7-5-6-15-17)9-11-18(13)14(19)4-2/h4-7,13H,2-3,8-12H2,1H3/t13-/m0/s1. The van der Waals surface area contributed by atoms with Crippen LogP contribution in [0, 0.1) is 0 Å². The minimum atomic E-state index is 0.0542. The number of nitrogens with zero attached hydrogens (tertiary/aromatic N) is 4. The van der Waals surface area contributed by atoms with E-state index in [4.69, 9.17) is 0 Å². The molecular formula is C14H22N4O. The highest BCUT2D eigenvalue weighted by molar-refractivity contribution is 5.87. The molecule has 0 spiro atoms. The number of amides is 1. The van der Waals surface area contributed by atoms with Crippen molar-refractivity contribution in [2.24, 2.45) is 0 Å². The summed E-state index contributed by atoms with van der Waals surface area (Å²) >= 11 is 0. The zero-order valence-electron chi connectivity index (χ0n) is 11.5. The molecule has 1 amide bonds. The SMILES string of the molecule is C=CC(=O)N1CCN(CCn2cccn2)C[C@@H]1CC. The number of piperazine rings is 1. The first-order valence-corrected chi connectivity index (χ1v) is 6.87. The van der Waals surface area contributed by atoms with Crippen LogP contribution < -0.4 is 0 Å². The molecule has 104 valence electrons. The smallest absolute Gasteiger partial charge is 0.246 e. The van der Waals surface area contributed by atoms with Crippen LogP contribution in [0.4, 0.5) is 0 Å². The summed E-state index contributed by atoms with van der Waals surface area (Å²) < 4.78 is 1.95. The molecule has 0 N–H and O–H groups in total. The van der Waals surface area contributed by atoms with E-state index in [2.05, 4.69) is 23.5 Å². The summed E-state index contributed by atoms with van der Waals surface area (Å²) in [6.07, 6.45) is 6.18. The van der Waals surface area contributed by atoms with Crippen molar-refractivity contribution in [2.45, 2.75) is 25.9 Å². The quantitative estimate of drug-likeness (QED) is 0.743. The molecule has 0 unspecified atom stereocenters. The third-order valence-electron chi connectivity index (χ3n) is 3.70. The molecule has 1 aromatic rings. The fourth-order valence-corrected chi connectivity index (χ4v) is 2.56. The Morgan fingerprint density at radius 2 is 2.32 bits per heavy atom. The van der Waals surface area contributed by atoms with Gasteiger partial charge in [-0.15, -0.1) is 0 Å². The summed E-state index contributed by atoms with van der Waals surface area (Å²) in [4.78, 5) is 16.1. The van der Waals surface area contributed by atoms with Crippen LogP contribution >= 0.6 is 0 Å². The van der Waals surface area contributed by atoms with Crippen LogP contribution in [-0.4, -0.2) is 57.7 Å². The second-order valence-electron chi connectivity index (χ2n) is 4.87. The Morgan fingerprint density at radius 1 is 1.47 bits per heavy atom. The number of aromatic nitrogens is 2. The van der Waals surface area contributed by atoms with E-state index in [1.54, 1.807) is 6.20 Å². The minimum absolute atomic E-state index is 0.0542. The molecule has 5 nitrogen and oxygen atoms in total. The number of rotatable bonds is 5. The highest BCUT2D eigenvalue weighted by Crippen LogP contribution is 2.13. The third kappa shape index (κ3) is 3.44. The van der Waals surface area contributed by atoms with E-state index in [0.29, 0.717) is 6.04 Å². The first-order valence-electron chi connectivity index (χ1n) is 6.87. The van der Waals surface area contributed by atoms with Crippen molar-refractivity contribution in [1.82, 2.24) is 19.6 Å². The summed E-state index contributed by atoms with van der Waals surface area (Å²) in [5.74, 6) is 0.0542. The van der Waals surface area contributed by atoms with Crippen molar-refractivity contribution in [3.63, 3.8) is 0 Å². The van der Waals surface area contributed by atoms with E-state index in [-0.39, 0.29) is 5.91 Å². The molecule has 0 saturated carbocycles. The van der Waals surface area contributed by atoms with Crippen LogP contribution in [0.5, 0.6) is 0 Å². The van der Waals surface area contributed by atoms with Gasteiger partial charge in [-0.25, -0.2) is 0 Å². The van der Waals surface area contributed by atoms with Gasteiger partial charge in [0, 0.05) is 44.6 Å². The summed E-state index contributed by atoms with van der Waals surface area (Å²) in [6, 6.07) is 2.24. The second kappa shape index (κ2) is 6.52. The Kier molecular flexibility index (Phi) is 4.74. The van der Waals surface area contributed by atoms with Gasteiger partial charge in [0.1, 0.15) is 0 Å². The zero-order valence-corrected chi connectivity index (χ0v) is 11.5. The lowest BCUT2D eigenvalue weighted by molar-refractivity contribution is -0.130. The van der Waals surface area contributed by atoms with E-state index < -0.39 is 0 Å². The normalized spacial score (nSPS) is 20.5. The van der Waals surface area contributed by atoms with Gasteiger partial charge in [0.05, 0.1) is 6.54 Å².